The van der Waals surface area contributed by atoms with Crippen molar-refractivity contribution < 1.29 is 19.7 Å². The first-order valence-electron chi connectivity index (χ1n) is 8.53. The molecule has 2 atom stereocenters. The second-order valence-corrected chi connectivity index (χ2v) is 6.57. The van der Waals surface area contributed by atoms with E-state index in [1.165, 1.54) is 25.0 Å². The molecule has 0 radical (unpaired) electrons. The monoisotopic (exact) mass is 337 g/mol. The summed E-state index contributed by atoms with van der Waals surface area (Å²) in [5.74, 6) is 0.387. The van der Waals surface area contributed by atoms with E-state index >= 15 is 0 Å². The Labute approximate surface area is 145 Å². The van der Waals surface area contributed by atoms with Gasteiger partial charge in [0.25, 0.3) is 0 Å². The predicted octanol–water partition coefficient (Wildman–Crippen LogP) is 4.26. The highest BCUT2D eigenvalue weighted by Crippen LogP contribution is 2.48. The molecule has 1 aliphatic heterocycles. The number of carbonyl (C=O) groups is 1. The SMILES string of the molecule is O=C(O)c1ccc(N=Cc2c(O)ccc3c2C2CCCCC2O3)cc1. The molecule has 0 saturated heterocycles. The van der Waals surface area contributed by atoms with E-state index < -0.39 is 5.97 Å². The fourth-order valence-corrected chi connectivity index (χ4v) is 3.79. The minimum absolute atomic E-state index is 0.194. The van der Waals surface area contributed by atoms with Crippen molar-refractivity contribution in [3.05, 3.63) is 53.1 Å². The number of aromatic hydroxyl groups is 1. The summed E-state index contributed by atoms with van der Waals surface area (Å²) in [6.07, 6.45) is 6.33. The van der Waals surface area contributed by atoms with E-state index in [4.69, 9.17) is 9.84 Å². The Morgan fingerprint density at radius 3 is 2.64 bits per heavy atom. The van der Waals surface area contributed by atoms with Crippen LogP contribution in [0.1, 0.15) is 53.1 Å². The van der Waals surface area contributed by atoms with E-state index in [0.29, 0.717) is 17.2 Å². The summed E-state index contributed by atoms with van der Waals surface area (Å²) < 4.78 is 6.06. The van der Waals surface area contributed by atoms with Crippen molar-refractivity contribution in [2.75, 3.05) is 0 Å². The van der Waals surface area contributed by atoms with E-state index in [0.717, 1.165) is 24.2 Å². The zero-order chi connectivity index (χ0) is 17.4. The largest absolute Gasteiger partial charge is 0.507 e. The molecule has 25 heavy (non-hydrogen) atoms. The topological polar surface area (TPSA) is 79.1 Å². The average Bonchev–Trinajstić information content (AvgIpc) is 3.00. The van der Waals surface area contributed by atoms with Crippen molar-refractivity contribution in [1.82, 2.24) is 0 Å². The molecule has 5 heteroatoms. The molecule has 2 unspecified atom stereocenters. The summed E-state index contributed by atoms with van der Waals surface area (Å²) in [4.78, 5) is 15.3. The van der Waals surface area contributed by atoms with Crippen molar-refractivity contribution in [3.8, 4) is 11.5 Å². The predicted molar refractivity (Wildman–Crippen MR) is 94.4 cm³/mol. The third kappa shape index (κ3) is 2.86. The summed E-state index contributed by atoms with van der Waals surface area (Å²) >= 11 is 0. The fourth-order valence-electron chi connectivity index (χ4n) is 3.79. The fraction of sp³-hybridized carbons (Fsp3) is 0.300. The summed E-state index contributed by atoms with van der Waals surface area (Å²) in [6, 6.07) is 9.82. The second kappa shape index (κ2) is 6.24. The third-order valence-electron chi connectivity index (χ3n) is 5.03. The normalized spacial score (nSPS) is 21.6. The van der Waals surface area contributed by atoms with Crippen LogP contribution in [0.25, 0.3) is 0 Å². The van der Waals surface area contributed by atoms with Crippen molar-refractivity contribution in [1.29, 1.82) is 0 Å². The molecule has 1 heterocycles. The molecule has 2 aromatic carbocycles. The summed E-state index contributed by atoms with van der Waals surface area (Å²) in [5.41, 5.74) is 2.62. The van der Waals surface area contributed by atoms with Crippen LogP contribution >= 0.6 is 0 Å². The lowest BCUT2D eigenvalue weighted by Crippen LogP contribution is -2.22. The highest BCUT2D eigenvalue weighted by atomic mass is 16.5. The first kappa shape index (κ1) is 15.7. The number of fused-ring (bicyclic) bond motifs is 3. The van der Waals surface area contributed by atoms with Gasteiger partial charge in [-0.05, 0) is 55.7 Å². The molecule has 2 N–H and O–H groups in total. The van der Waals surface area contributed by atoms with Gasteiger partial charge in [0.1, 0.15) is 17.6 Å². The van der Waals surface area contributed by atoms with Crippen molar-refractivity contribution in [3.63, 3.8) is 0 Å². The van der Waals surface area contributed by atoms with Crippen LogP contribution in [0.2, 0.25) is 0 Å². The van der Waals surface area contributed by atoms with Gasteiger partial charge >= 0.3 is 5.97 Å². The average molecular weight is 337 g/mol. The number of phenols is 1. The maximum atomic E-state index is 10.9. The Morgan fingerprint density at radius 1 is 1.12 bits per heavy atom. The van der Waals surface area contributed by atoms with E-state index in [-0.39, 0.29) is 17.4 Å². The quantitative estimate of drug-likeness (QED) is 0.820. The van der Waals surface area contributed by atoms with Gasteiger partial charge in [0.2, 0.25) is 0 Å². The van der Waals surface area contributed by atoms with Gasteiger partial charge in [-0.1, -0.05) is 6.42 Å². The number of hydrogen-bond acceptors (Lipinski definition) is 4. The van der Waals surface area contributed by atoms with E-state index in [2.05, 4.69) is 4.99 Å². The lowest BCUT2D eigenvalue weighted by molar-refractivity contribution is 0.0697. The Hall–Kier alpha value is -2.82. The maximum absolute atomic E-state index is 10.9. The van der Waals surface area contributed by atoms with Crippen LogP contribution in [0.3, 0.4) is 0 Å². The molecule has 1 fully saturated rings. The van der Waals surface area contributed by atoms with Crippen molar-refractivity contribution in [2.45, 2.75) is 37.7 Å². The molecule has 4 rings (SSSR count). The van der Waals surface area contributed by atoms with Crippen LogP contribution < -0.4 is 4.74 Å². The van der Waals surface area contributed by atoms with E-state index in [9.17, 15) is 9.90 Å². The Balaban J connectivity index is 1.67. The molecular weight excluding hydrogens is 318 g/mol. The molecule has 0 spiro atoms. The number of carboxylic acid groups (broad SMARTS) is 1. The number of hydrogen-bond donors (Lipinski definition) is 2. The number of carboxylic acids is 1. The molecule has 0 aromatic heterocycles. The summed E-state index contributed by atoms with van der Waals surface area (Å²) in [5, 5.41) is 19.3. The van der Waals surface area contributed by atoms with E-state index in [1.807, 2.05) is 6.07 Å². The van der Waals surface area contributed by atoms with Crippen LogP contribution in [0.4, 0.5) is 5.69 Å². The van der Waals surface area contributed by atoms with Crippen LogP contribution in [0.5, 0.6) is 11.5 Å². The molecule has 5 nitrogen and oxygen atoms in total. The van der Waals surface area contributed by atoms with Gasteiger partial charge in [-0.2, -0.15) is 0 Å². The van der Waals surface area contributed by atoms with E-state index in [1.54, 1.807) is 24.4 Å². The van der Waals surface area contributed by atoms with Gasteiger partial charge in [-0.15, -0.1) is 0 Å². The number of aliphatic imine (C=N–C) groups is 1. The van der Waals surface area contributed by atoms with Gasteiger partial charge in [-0.3, -0.25) is 4.99 Å². The van der Waals surface area contributed by atoms with Crippen molar-refractivity contribution >= 4 is 17.9 Å². The molecule has 2 aliphatic rings. The number of benzene rings is 2. The summed E-state index contributed by atoms with van der Waals surface area (Å²) in [7, 11) is 0. The van der Waals surface area contributed by atoms with Gasteiger partial charge in [0, 0.05) is 23.3 Å². The molecule has 0 amide bonds. The molecule has 1 aliphatic carbocycles. The standard InChI is InChI=1S/C20H19NO4/c22-16-9-10-18-19(14-3-1-2-4-17(14)25-18)15(16)11-21-13-7-5-12(6-8-13)20(23)24/h5-11,14,17,22H,1-4H2,(H,23,24). The molecule has 0 bridgehead atoms. The zero-order valence-electron chi connectivity index (χ0n) is 13.7. The number of phenolic OH excluding ortho intramolecular Hbond substituents is 1. The van der Waals surface area contributed by atoms with Gasteiger partial charge in [0.15, 0.2) is 0 Å². The lowest BCUT2D eigenvalue weighted by Gasteiger charge is -2.24. The van der Waals surface area contributed by atoms with Crippen molar-refractivity contribution in [2.24, 2.45) is 4.99 Å². The van der Waals surface area contributed by atoms with Crippen LogP contribution in [-0.2, 0) is 0 Å². The maximum Gasteiger partial charge on any atom is 0.335 e. The Morgan fingerprint density at radius 2 is 1.88 bits per heavy atom. The third-order valence-corrected chi connectivity index (χ3v) is 5.03. The molecular formula is C20H19NO4. The Kier molecular flexibility index (Phi) is 3.92. The highest BCUT2D eigenvalue weighted by Gasteiger charge is 2.38. The molecule has 1 saturated carbocycles. The summed E-state index contributed by atoms with van der Waals surface area (Å²) in [6.45, 7) is 0. The smallest absolute Gasteiger partial charge is 0.335 e. The number of ether oxygens (including phenoxy) is 1. The number of nitrogens with zero attached hydrogens (tertiary/aromatic N) is 1. The first-order valence-corrected chi connectivity index (χ1v) is 8.53. The van der Waals surface area contributed by atoms with Gasteiger partial charge in [0.05, 0.1) is 11.3 Å². The second-order valence-electron chi connectivity index (χ2n) is 6.57. The van der Waals surface area contributed by atoms with Crippen LogP contribution in [0, 0.1) is 0 Å². The minimum atomic E-state index is -0.963. The lowest BCUT2D eigenvalue weighted by atomic mass is 9.81. The molecule has 2 aromatic rings. The van der Waals surface area contributed by atoms with Crippen LogP contribution in [-0.4, -0.2) is 28.5 Å². The highest BCUT2D eigenvalue weighted by molar-refractivity contribution is 5.90. The van der Waals surface area contributed by atoms with Gasteiger partial charge in [-0.25, -0.2) is 4.79 Å². The number of rotatable bonds is 3. The number of aromatic carboxylic acids is 1. The van der Waals surface area contributed by atoms with Crippen LogP contribution in [0.15, 0.2) is 41.4 Å². The minimum Gasteiger partial charge on any atom is -0.507 e. The first-order chi connectivity index (χ1) is 12.1. The van der Waals surface area contributed by atoms with Gasteiger partial charge < -0.3 is 14.9 Å². The Bertz CT molecular complexity index is 842. The molecule has 128 valence electrons. The zero-order valence-corrected chi connectivity index (χ0v) is 13.7.